The highest BCUT2D eigenvalue weighted by molar-refractivity contribution is 5.94. The quantitative estimate of drug-likeness (QED) is 0.784. The van der Waals surface area contributed by atoms with Crippen molar-refractivity contribution in [1.29, 1.82) is 0 Å². The fourth-order valence-electron chi connectivity index (χ4n) is 2.59. The number of pyridine rings is 1. The molecular formula is C19H24N2O3. The van der Waals surface area contributed by atoms with Gasteiger partial charge in [-0.15, -0.1) is 0 Å². The molecule has 0 atom stereocenters. The highest BCUT2D eigenvalue weighted by Crippen LogP contribution is 2.16. The molecule has 1 heterocycles. The molecule has 2 aromatic rings. The van der Waals surface area contributed by atoms with E-state index in [9.17, 15) is 4.79 Å². The van der Waals surface area contributed by atoms with Crippen molar-refractivity contribution in [3.8, 4) is 5.75 Å². The molecule has 0 saturated heterocycles. The molecule has 1 amide bonds. The van der Waals surface area contributed by atoms with E-state index in [2.05, 4.69) is 4.98 Å². The van der Waals surface area contributed by atoms with Gasteiger partial charge >= 0.3 is 0 Å². The molecule has 0 unspecified atom stereocenters. The van der Waals surface area contributed by atoms with Crippen molar-refractivity contribution in [3.63, 3.8) is 0 Å². The molecule has 1 aromatic carbocycles. The number of hydrogen-bond acceptors (Lipinski definition) is 4. The second-order valence-electron chi connectivity index (χ2n) is 5.71. The van der Waals surface area contributed by atoms with Gasteiger partial charge in [0.1, 0.15) is 5.75 Å². The number of benzene rings is 1. The molecule has 0 aliphatic carbocycles. The molecule has 1 aromatic heterocycles. The lowest BCUT2D eigenvalue weighted by Gasteiger charge is -2.23. The summed E-state index contributed by atoms with van der Waals surface area (Å²) in [7, 11) is 3.27. The van der Waals surface area contributed by atoms with E-state index in [1.807, 2.05) is 50.2 Å². The monoisotopic (exact) mass is 328 g/mol. The van der Waals surface area contributed by atoms with Crippen LogP contribution in [0.25, 0.3) is 0 Å². The molecule has 0 fully saturated rings. The number of aryl methyl sites for hydroxylation is 2. The summed E-state index contributed by atoms with van der Waals surface area (Å²) < 4.78 is 10.4. The zero-order chi connectivity index (χ0) is 17.5. The number of hydrogen-bond donors (Lipinski definition) is 0. The Labute approximate surface area is 143 Å². The van der Waals surface area contributed by atoms with Gasteiger partial charge in [-0.25, -0.2) is 0 Å². The first-order chi connectivity index (χ1) is 11.5. The maximum atomic E-state index is 12.9. The Morgan fingerprint density at radius 3 is 2.46 bits per heavy atom. The number of carbonyl (C=O) groups is 1. The second kappa shape index (κ2) is 8.45. The molecule has 0 aliphatic rings. The maximum absolute atomic E-state index is 12.9. The van der Waals surface area contributed by atoms with Crippen LogP contribution in [0.5, 0.6) is 5.75 Å². The average Bonchev–Trinajstić information content (AvgIpc) is 2.57. The van der Waals surface area contributed by atoms with Crippen LogP contribution >= 0.6 is 0 Å². The standard InChI is InChI=1S/C19H24N2O3/c1-14-10-17(11-15(2)20-14)19(22)21(8-9-23-3)13-16-6-5-7-18(12-16)24-4/h5-7,10-12H,8-9,13H2,1-4H3. The van der Waals surface area contributed by atoms with Crippen molar-refractivity contribution in [3.05, 3.63) is 58.9 Å². The fraction of sp³-hybridized carbons (Fsp3) is 0.368. The van der Waals surface area contributed by atoms with Gasteiger partial charge in [0, 0.05) is 37.2 Å². The van der Waals surface area contributed by atoms with Crippen LogP contribution < -0.4 is 4.74 Å². The van der Waals surface area contributed by atoms with Gasteiger partial charge in [0.05, 0.1) is 13.7 Å². The largest absolute Gasteiger partial charge is 0.497 e. The maximum Gasteiger partial charge on any atom is 0.254 e. The highest BCUT2D eigenvalue weighted by Gasteiger charge is 2.17. The molecular weight excluding hydrogens is 304 g/mol. The number of ether oxygens (including phenoxy) is 2. The van der Waals surface area contributed by atoms with Crippen LogP contribution in [0.15, 0.2) is 36.4 Å². The van der Waals surface area contributed by atoms with Crippen LogP contribution in [0.2, 0.25) is 0 Å². The van der Waals surface area contributed by atoms with E-state index in [0.717, 1.165) is 22.7 Å². The predicted molar refractivity (Wildman–Crippen MR) is 93.3 cm³/mol. The van der Waals surface area contributed by atoms with Crippen LogP contribution in [0.4, 0.5) is 0 Å². The number of nitrogens with zero attached hydrogens (tertiary/aromatic N) is 2. The van der Waals surface area contributed by atoms with E-state index in [1.165, 1.54) is 0 Å². The van der Waals surface area contributed by atoms with Crippen molar-refractivity contribution in [2.45, 2.75) is 20.4 Å². The van der Waals surface area contributed by atoms with Crippen LogP contribution in [0.3, 0.4) is 0 Å². The van der Waals surface area contributed by atoms with Crippen molar-refractivity contribution < 1.29 is 14.3 Å². The second-order valence-corrected chi connectivity index (χ2v) is 5.71. The van der Waals surface area contributed by atoms with Gasteiger partial charge in [-0.3, -0.25) is 9.78 Å². The summed E-state index contributed by atoms with van der Waals surface area (Å²) in [4.78, 5) is 19.0. The van der Waals surface area contributed by atoms with E-state index in [-0.39, 0.29) is 5.91 Å². The van der Waals surface area contributed by atoms with E-state index in [4.69, 9.17) is 9.47 Å². The van der Waals surface area contributed by atoms with E-state index >= 15 is 0 Å². The number of rotatable bonds is 7. The fourth-order valence-corrected chi connectivity index (χ4v) is 2.59. The summed E-state index contributed by atoms with van der Waals surface area (Å²) in [5, 5.41) is 0. The first-order valence-electron chi connectivity index (χ1n) is 7.90. The number of amides is 1. The Morgan fingerprint density at radius 2 is 1.83 bits per heavy atom. The minimum absolute atomic E-state index is 0.0246. The molecule has 24 heavy (non-hydrogen) atoms. The number of aromatic nitrogens is 1. The first kappa shape index (κ1) is 17.9. The molecule has 2 rings (SSSR count). The smallest absolute Gasteiger partial charge is 0.254 e. The third-order valence-corrected chi connectivity index (χ3v) is 3.69. The Bertz CT molecular complexity index is 681. The van der Waals surface area contributed by atoms with Crippen molar-refractivity contribution >= 4 is 5.91 Å². The molecule has 0 N–H and O–H groups in total. The third kappa shape index (κ3) is 4.80. The summed E-state index contributed by atoms with van der Waals surface area (Å²) in [5.74, 6) is 0.755. The Balaban J connectivity index is 2.24. The molecule has 0 radical (unpaired) electrons. The van der Waals surface area contributed by atoms with Crippen LogP contribution in [0, 0.1) is 13.8 Å². The van der Waals surface area contributed by atoms with Gasteiger partial charge in [-0.05, 0) is 43.7 Å². The minimum Gasteiger partial charge on any atom is -0.497 e. The summed E-state index contributed by atoms with van der Waals surface area (Å²) in [6.45, 7) is 5.29. The molecule has 0 saturated carbocycles. The van der Waals surface area contributed by atoms with Crippen molar-refractivity contribution in [1.82, 2.24) is 9.88 Å². The van der Waals surface area contributed by atoms with Crippen molar-refractivity contribution in [2.24, 2.45) is 0 Å². The molecule has 0 aliphatic heterocycles. The molecule has 0 spiro atoms. The number of carbonyl (C=O) groups excluding carboxylic acids is 1. The van der Waals surface area contributed by atoms with E-state index in [1.54, 1.807) is 19.1 Å². The zero-order valence-electron chi connectivity index (χ0n) is 14.7. The molecule has 0 bridgehead atoms. The summed E-state index contributed by atoms with van der Waals surface area (Å²) in [6, 6.07) is 11.4. The lowest BCUT2D eigenvalue weighted by atomic mass is 10.1. The summed E-state index contributed by atoms with van der Waals surface area (Å²) in [5.41, 5.74) is 3.35. The average molecular weight is 328 g/mol. The van der Waals surface area contributed by atoms with Gasteiger partial charge < -0.3 is 14.4 Å². The third-order valence-electron chi connectivity index (χ3n) is 3.69. The van der Waals surface area contributed by atoms with E-state index in [0.29, 0.717) is 25.3 Å². The SMILES string of the molecule is COCCN(Cc1cccc(OC)c1)C(=O)c1cc(C)nc(C)c1. The lowest BCUT2D eigenvalue weighted by molar-refractivity contribution is 0.0680. The van der Waals surface area contributed by atoms with Gasteiger partial charge in [-0.1, -0.05) is 12.1 Å². The van der Waals surface area contributed by atoms with Gasteiger partial charge in [0.15, 0.2) is 0 Å². The lowest BCUT2D eigenvalue weighted by Crippen LogP contribution is -2.33. The first-order valence-corrected chi connectivity index (χ1v) is 7.90. The van der Waals surface area contributed by atoms with Crippen LogP contribution in [-0.2, 0) is 11.3 Å². The highest BCUT2D eigenvalue weighted by atomic mass is 16.5. The number of methoxy groups -OCH3 is 2. The van der Waals surface area contributed by atoms with Crippen LogP contribution in [0.1, 0.15) is 27.3 Å². The van der Waals surface area contributed by atoms with Gasteiger partial charge in [0.2, 0.25) is 0 Å². The van der Waals surface area contributed by atoms with Crippen molar-refractivity contribution in [2.75, 3.05) is 27.4 Å². The zero-order valence-corrected chi connectivity index (χ0v) is 14.7. The molecule has 5 heteroatoms. The Hall–Kier alpha value is -2.40. The van der Waals surface area contributed by atoms with Crippen LogP contribution in [-0.4, -0.2) is 43.2 Å². The Kier molecular flexibility index (Phi) is 6.32. The minimum atomic E-state index is -0.0246. The summed E-state index contributed by atoms with van der Waals surface area (Å²) in [6.07, 6.45) is 0. The van der Waals surface area contributed by atoms with Gasteiger partial charge in [-0.2, -0.15) is 0 Å². The van der Waals surface area contributed by atoms with Gasteiger partial charge in [0.25, 0.3) is 5.91 Å². The summed E-state index contributed by atoms with van der Waals surface area (Å²) >= 11 is 0. The Morgan fingerprint density at radius 1 is 1.12 bits per heavy atom. The molecule has 5 nitrogen and oxygen atoms in total. The normalized spacial score (nSPS) is 10.5. The molecule has 128 valence electrons. The predicted octanol–water partition coefficient (Wildman–Crippen LogP) is 3.00. The topological polar surface area (TPSA) is 51.7 Å². The van der Waals surface area contributed by atoms with E-state index < -0.39 is 0 Å².